The Kier molecular flexibility index (Phi) is 3.07. The molecule has 1 saturated heterocycles. The molecule has 2 aromatic heterocycles. The van der Waals surface area contributed by atoms with Crippen molar-refractivity contribution in [1.82, 2.24) is 9.72 Å². The number of aryl methyl sites for hydroxylation is 3. The molecule has 0 unspecified atom stereocenters. The van der Waals surface area contributed by atoms with Gasteiger partial charge in [-0.2, -0.15) is 0 Å². The molecular formula is C20H24N4O. The van der Waals surface area contributed by atoms with Gasteiger partial charge in [0.25, 0.3) is 0 Å². The van der Waals surface area contributed by atoms with Crippen molar-refractivity contribution in [3.63, 3.8) is 0 Å². The first-order valence-corrected chi connectivity index (χ1v) is 9.12. The van der Waals surface area contributed by atoms with E-state index in [1.807, 2.05) is 0 Å². The van der Waals surface area contributed by atoms with Gasteiger partial charge < -0.3 is 15.2 Å². The Balaban J connectivity index is 1.70. The molecule has 5 nitrogen and oxygen atoms in total. The fourth-order valence-corrected chi connectivity index (χ4v) is 4.86. The lowest BCUT2D eigenvalue weighted by Gasteiger charge is -2.29. The smallest absolute Gasteiger partial charge is 0.192 e. The molecule has 3 heterocycles. The molecule has 0 amide bonds. The van der Waals surface area contributed by atoms with E-state index in [0.717, 1.165) is 40.4 Å². The van der Waals surface area contributed by atoms with E-state index in [0.29, 0.717) is 12.0 Å². The van der Waals surface area contributed by atoms with Gasteiger partial charge in [0, 0.05) is 30.0 Å². The molecule has 130 valence electrons. The van der Waals surface area contributed by atoms with E-state index in [1.54, 1.807) is 0 Å². The standard InChI is InChI=1S/C20H24N4O/c1-11-8-15-19(25-22-20(15)24-12(2)4-5-13(24)3)17(9-11)23-10-14-6-7-16(23)18(14)21/h4-5,8-9,14,16,18H,6-7,10,21H2,1-3H3/t14-,16-,18+/m0/s1. The Morgan fingerprint density at radius 3 is 2.52 bits per heavy atom. The summed E-state index contributed by atoms with van der Waals surface area (Å²) in [6.45, 7) is 7.37. The monoisotopic (exact) mass is 336 g/mol. The second-order valence-corrected chi connectivity index (χ2v) is 7.75. The number of rotatable bonds is 2. The fraction of sp³-hybridized carbons (Fsp3) is 0.450. The van der Waals surface area contributed by atoms with Gasteiger partial charge >= 0.3 is 0 Å². The molecule has 5 rings (SSSR count). The lowest BCUT2D eigenvalue weighted by molar-refractivity contribution is 0.449. The lowest BCUT2D eigenvalue weighted by Crippen LogP contribution is -2.37. The Morgan fingerprint density at radius 2 is 1.88 bits per heavy atom. The number of hydrogen-bond donors (Lipinski definition) is 1. The van der Waals surface area contributed by atoms with Crippen LogP contribution in [0.2, 0.25) is 0 Å². The number of fused-ring (bicyclic) bond motifs is 3. The molecule has 3 aromatic rings. The van der Waals surface area contributed by atoms with Crippen molar-refractivity contribution in [2.24, 2.45) is 11.7 Å². The highest BCUT2D eigenvalue weighted by molar-refractivity contribution is 5.95. The minimum absolute atomic E-state index is 0.284. The van der Waals surface area contributed by atoms with Crippen LogP contribution in [0.15, 0.2) is 28.8 Å². The molecule has 3 atom stereocenters. The molecule has 1 saturated carbocycles. The summed E-state index contributed by atoms with van der Waals surface area (Å²) in [6.07, 6.45) is 2.43. The Labute approximate surface area is 147 Å². The van der Waals surface area contributed by atoms with Gasteiger partial charge in [0.1, 0.15) is 0 Å². The number of nitrogens with two attached hydrogens (primary N) is 1. The molecule has 2 bridgehead atoms. The number of piperidine rings is 1. The van der Waals surface area contributed by atoms with Crippen LogP contribution in [0.4, 0.5) is 5.69 Å². The third-order valence-corrected chi connectivity index (χ3v) is 6.12. The third-order valence-electron chi connectivity index (χ3n) is 6.12. The molecule has 2 aliphatic rings. The maximum absolute atomic E-state index is 6.42. The van der Waals surface area contributed by atoms with Gasteiger partial charge in [-0.15, -0.1) is 0 Å². The Bertz CT molecular complexity index is 950. The average Bonchev–Trinajstić information content (AvgIpc) is 3.32. The van der Waals surface area contributed by atoms with Gasteiger partial charge in [-0.1, -0.05) is 5.16 Å². The molecule has 25 heavy (non-hydrogen) atoms. The first-order valence-electron chi connectivity index (χ1n) is 9.12. The van der Waals surface area contributed by atoms with Crippen LogP contribution in [-0.4, -0.2) is 28.4 Å². The number of benzene rings is 1. The zero-order valence-corrected chi connectivity index (χ0v) is 15.0. The van der Waals surface area contributed by atoms with Crippen LogP contribution in [0.5, 0.6) is 0 Å². The predicted octanol–water partition coefficient (Wildman–Crippen LogP) is 3.47. The van der Waals surface area contributed by atoms with E-state index < -0.39 is 0 Å². The van der Waals surface area contributed by atoms with Crippen molar-refractivity contribution in [3.8, 4) is 5.82 Å². The fourth-order valence-electron chi connectivity index (χ4n) is 4.86. The number of nitrogens with zero attached hydrogens (tertiary/aromatic N) is 3. The Morgan fingerprint density at radius 1 is 1.12 bits per heavy atom. The molecule has 0 spiro atoms. The molecule has 5 heteroatoms. The summed E-state index contributed by atoms with van der Waals surface area (Å²) in [5.41, 5.74) is 12.0. The molecule has 2 N–H and O–H groups in total. The van der Waals surface area contributed by atoms with Crippen LogP contribution in [0.1, 0.15) is 29.8 Å². The summed E-state index contributed by atoms with van der Waals surface area (Å²) in [6, 6.07) is 9.35. The summed E-state index contributed by atoms with van der Waals surface area (Å²) < 4.78 is 8.03. The van der Waals surface area contributed by atoms with Crippen molar-refractivity contribution in [3.05, 3.63) is 41.2 Å². The Hall–Kier alpha value is -2.27. The molecule has 1 aromatic carbocycles. The highest BCUT2D eigenvalue weighted by Crippen LogP contribution is 2.43. The minimum Gasteiger partial charge on any atom is -0.364 e. The van der Waals surface area contributed by atoms with E-state index in [-0.39, 0.29) is 6.04 Å². The summed E-state index contributed by atoms with van der Waals surface area (Å²) in [4.78, 5) is 2.46. The second kappa shape index (κ2) is 5.11. The van der Waals surface area contributed by atoms with Crippen LogP contribution in [-0.2, 0) is 0 Å². The molecule has 1 aliphatic heterocycles. The summed E-state index contributed by atoms with van der Waals surface area (Å²) >= 11 is 0. The molecule has 2 fully saturated rings. The SMILES string of the molecule is Cc1cc(N2C[C@@H]3CC[C@H]2[C@@H]3N)c2onc(-n3c(C)ccc3C)c2c1. The first kappa shape index (κ1) is 15.0. The van der Waals surface area contributed by atoms with Gasteiger partial charge in [0.15, 0.2) is 11.4 Å². The van der Waals surface area contributed by atoms with Crippen LogP contribution in [0.3, 0.4) is 0 Å². The summed E-state index contributed by atoms with van der Waals surface area (Å²) in [7, 11) is 0. The lowest BCUT2D eigenvalue weighted by atomic mass is 10.1. The third kappa shape index (κ3) is 2.02. The van der Waals surface area contributed by atoms with E-state index >= 15 is 0 Å². The topological polar surface area (TPSA) is 60.2 Å². The molecule has 0 radical (unpaired) electrons. The van der Waals surface area contributed by atoms with Gasteiger partial charge in [-0.3, -0.25) is 4.57 Å². The first-order chi connectivity index (χ1) is 12.0. The summed E-state index contributed by atoms with van der Waals surface area (Å²) in [5.74, 6) is 1.49. The number of aromatic nitrogens is 2. The normalized spacial score (nSPS) is 25.4. The van der Waals surface area contributed by atoms with E-state index in [4.69, 9.17) is 10.3 Å². The zero-order chi connectivity index (χ0) is 17.3. The van der Waals surface area contributed by atoms with Crippen LogP contribution < -0.4 is 10.6 Å². The van der Waals surface area contributed by atoms with Gasteiger partial charge in [-0.05, 0) is 69.4 Å². The van der Waals surface area contributed by atoms with Gasteiger partial charge in [0.05, 0.1) is 11.1 Å². The second-order valence-electron chi connectivity index (χ2n) is 7.75. The maximum atomic E-state index is 6.42. The van der Waals surface area contributed by atoms with Crippen molar-refractivity contribution in [1.29, 1.82) is 0 Å². The minimum atomic E-state index is 0.284. The van der Waals surface area contributed by atoms with E-state index in [9.17, 15) is 0 Å². The van der Waals surface area contributed by atoms with E-state index in [2.05, 4.69) is 59.7 Å². The maximum Gasteiger partial charge on any atom is 0.192 e. The van der Waals surface area contributed by atoms with Crippen LogP contribution >= 0.6 is 0 Å². The quantitative estimate of drug-likeness (QED) is 0.778. The van der Waals surface area contributed by atoms with Gasteiger partial charge in [0.2, 0.25) is 0 Å². The average molecular weight is 336 g/mol. The van der Waals surface area contributed by atoms with Crippen molar-refractivity contribution < 1.29 is 4.52 Å². The summed E-state index contributed by atoms with van der Waals surface area (Å²) in [5, 5.41) is 5.52. The zero-order valence-electron chi connectivity index (χ0n) is 15.0. The number of hydrogen-bond acceptors (Lipinski definition) is 4. The van der Waals surface area contributed by atoms with Crippen LogP contribution in [0.25, 0.3) is 16.8 Å². The van der Waals surface area contributed by atoms with Gasteiger partial charge in [-0.25, -0.2) is 0 Å². The molecular weight excluding hydrogens is 312 g/mol. The van der Waals surface area contributed by atoms with Crippen LogP contribution in [0, 0.1) is 26.7 Å². The van der Waals surface area contributed by atoms with Crippen molar-refractivity contribution >= 4 is 16.7 Å². The van der Waals surface area contributed by atoms with Crippen molar-refractivity contribution in [2.45, 2.75) is 45.7 Å². The largest absolute Gasteiger partial charge is 0.364 e. The molecule has 1 aliphatic carbocycles. The predicted molar refractivity (Wildman–Crippen MR) is 99.4 cm³/mol. The highest BCUT2D eigenvalue weighted by atomic mass is 16.5. The highest BCUT2D eigenvalue weighted by Gasteiger charge is 2.45. The van der Waals surface area contributed by atoms with Crippen molar-refractivity contribution in [2.75, 3.05) is 11.4 Å². The number of anilines is 1. The van der Waals surface area contributed by atoms with E-state index in [1.165, 1.54) is 18.4 Å².